The van der Waals surface area contributed by atoms with Gasteiger partial charge in [-0.1, -0.05) is 48.5 Å². The van der Waals surface area contributed by atoms with Gasteiger partial charge in [0.25, 0.3) is 5.91 Å². The third kappa shape index (κ3) is 3.07. The number of hydrogen-bond acceptors (Lipinski definition) is 5. The van der Waals surface area contributed by atoms with Crippen LogP contribution < -0.4 is 15.4 Å². The molecule has 132 valence electrons. The quantitative estimate of drug-likeness (QED) is 0.778. The van der Waals surface area contributed by atoms with E-state index in [0.717, 1.165) is 11.1 Å². The maximum absolute atomic E-state index is 13.2. The summed E-state index contributed by atoms with van der Waals surface area (Å²) in [5, 5.41) is 9.37. The molecular weight excluding hydrogens is 340 g/mol. The molecule has 2 N–H and O–H groups in total. The van der Waals surface area contributed by atoms with E-state index in [0.29, 0.717) is 22.9 Å². The highest BCUT2D eigenvalue weighted by molar-refractivity contribution is 5.99. The van der Waals surface area contributed by atoms with E-state index in [1.165, 1.54) is 4.90 Å². The molecule has 4 rings (SSSR count). The van der Waals surface area contributed by atoms with Crippen LogP contribution in [0.3, 0.4) is 0 Å². The topological polar surface area (TPSA) is 92.2 Å². The van der Waals surface area contributed by atoms with Gasteiger partial charge in [0, 0.05) is 5.56 Å². The second kappa shape index (κ2) is 6.81. The molecule has 0 spiro atoms. The minimum absolute atomic E-state index is 0.207. The van der Waals surface area contributed by atoms with Crippen molar-refractivity contribution in [2.24, 2.45) is 0 Å². The van der Waals surface area contributed by atoms with E-state index in [-0.39, 0.29) is 12.5 Å². The number of nitrogens with zero attached hydrogens (tertiary/aromatic N) is 3. The number of hydrogen-bond donors (Lipinski definition) is 1. The van der Waals surface area contributed by atoms with Crippen LogP contribution in [0.15, 0.2) is 66.7 Å². The molecule has 2 heterocycles. The Kier molecular flexibility index (Phi) is 4.19. The van der Waals surface area contributed by atoms with Gasteiger partial charge in [-0.3, -0.25) is 9.69 Å². The summed E-state index contributed by atoms with van der Waals surface area (Å²) >= 11 is 0. The molecule has 6 nitrogen and oxygen atoms in total. The van der Waals surface area contributed by atoms with Crippen LogP contribution in [0.4, 0.5) is 11.6 Å². The van der Waals surface area contributed by atoms with Crippen molar-refractivity contribution < 1.29 is 9.53 Å². The number of carbonyl (C=O) groups excluding carboxylic acids is 1. The first-order valence-electron chi connectivity index (χ1n) is 8.45. The van der Waals surface area contributed by atoms with E-state index >= 15 is 0 Å². The van der Waals surface area contributed by atoms with Crippen molar-refractivity contribution in [1.29, 1.82) is 5.26 Å². The number of anilines is 2. The number of rotatable bonds is 3. The fraction of sp³-hybridized carbons (Fsp3) is 0.0952. The molecule has 0 fully saturated rings. The van der Waals surface area contributed by atoms with E-state index in [1.807, 2.05) is 42.5 Å². The second-order valence-corrected chi connectivity index (χ2v) is 6.16. The third-order valence-corrected chi connectivity index (χ3v) is 4.42. The summed E-state index contributed by atoms with van der Waals surface area (Å²) in [5.74, 6) is 0.883. The Morgan fingerprint density at radius 3 is 2.59 bits per heavy atom. The van der Waals surface area contributed by atoms with Gasteiger partial charge in [-0.15, -0.1) is 0 Å². The van der Waals surface area contributed by atoms with Crippen molar-refractivity contribution in [3.05, 3.63) is 83.4 Å². The van der Waals surface area contributed by atoms with Gasteiger partial charge in [0.2, 0.25) is 6.10 Å². The van der Waals surface area contributed by atoms with Crippen LogP contribution >= 0.6 is 0 Å². The minimum atomic E-state index is -0.779. The fourth-order valence-electron chi connectivity index (χ4n) is 3.09. The summed E-state index contributed by atoms with van der Waals surface area (Å²) in [6.45, 7) is 0.207. The number of benzene rings is 2. The molecule has 1 aliphatic rings. The monoisotopic (exact) mass is 356 g/mol. The van der Waals surface area contributed by atoms with Crippen LogP contribution in [-0.4, -0.2) is 10.9 Å². The molecule has 1 amide bonds. The van der Waals surface area contributed by atoms with Gasteiger partial charge < -0.3 is 10.5 Å². The number of pyridine rings is 1. The van der Waals surface area contributed by atoms with Crippen molar-refractivity contribution in [2.75, 3.05) is 10.6 Å². The first-order chi connectivity index (χ1) is 13.2. The summed E-state index contributed by atoms with van der Waals surface area (Å²) in [6.07, 6.45) is -0.779. The maximum Gasteiger partial charge on any atom is 0.274 e. The first-order valence-corrected chi connectivity index (χ1v) is 8.45. The Hall–Kier alpha value is -3.85. The van der Waals surface area contributed by atoms with Crippen molar-refractivity contribution in [3.63, 3.8) is 0 Å². The standard InChI is InChI=1S/C21H16N4O2/c22-12-15-8-4-5-9-16(15)13-25-20-17(10-11-18(23)24-20)27-19(21(25)26)14-6-2-1-3-7-14/h1-11,19H,13H2,(H2,23,24). The van der Waals surface area contributed by atoms with E-state index in [2.05, 4.69) is 11.1 Å². The molecule has 6 heteroatoms. The van der Waals surface area contributed by atoms with E-state index in [4.69, 9.17) is 10.5 Å². The number of fused-ring (bicyclic) bond motifs is 1. The number of amides is 1. The smallest absolute Gasteiger partial charge is 0.274 e. The number of ether oxygens (including phenoxy) is 1. The summed E-state index contributed by atoms with van der Waals surface area (Å²) in [6, 6.07) is 22.0. The van der Waals surface area contributed by atoms with Gasteiger partial charge >= 0.3 is 0 Å². The Labute approximate surface area is 156 Å². The van der Waals surface area contributed by atoms with Crippen LogP contribution in [-0.2, 0) is 11.3 Å². The molecule has 1 unspecified atom stereocenters. The normalized spacial score (nSPS) is 15.6. The lowest BCUT2D eigenvalue weighted by Gasteiger charge is -2.33. The molecule has 1 aromatic heterocycles. The lowest BCUT2D eigenvalue weighted by atomic mass is 10.0. The Morgan fingerprint density at radius 2 is 1.81 bits per heavy atom. The zero-order valence-corrected chi connectivity index (χ0v) is 14.4. The Morgan fingerprint density at radius 1 is 1.07 bits per heavy atom. The van der Waals surface area contributed by atoms with Gasteiger partial charge in [0.05, 0.1) is 18.2 Å². The number of nitrogens with two attached hydrogens (primary N) is 1. The average molecular weight is 356 g/mol. The van der Waals surface area contributed by atoms with E-state index in [9.17, 15) is 10.1 Å². The molecule has 27 heavy (non-hydrogen) atoms. The van der Waals surface area contributed by atoms with E-state index in [1.54, 1.807) is 24.3 Å². The molecule has 0 saturated carbocycles. The van der Waals surface area contributed by atoms with E-state index < -0.39 is 6.10 Å². The number of carbonyl (C=O) groups is 1. The molecule has 0 aliphatic carbocycles. The highest BCUT2D eigenvalue weighted by Crippen LogP contribution is 2.39. The minimum Gasteiger partial charge on any atom is -0.472 e. The largest absolute Gasteiger partial charge is 0.472 e. The van der Waals surface area contributed by atoms with Gasteiger partial charge in [-0.2, -0.15) is 5.26 Å². The molecule has 1 atom stereocenters. The predicted molar refractivity (Wildman–Crippen MR) is 101 cm³/mol. The van der Waals surface area contributed by atoms with Gasteiger partial charge in [0.15, 0.2) is 11.6 Å². The zero-order valence-electron chi connectivity index (χ0n) is 14.4. The lowest BCUT2D eigenvalue weighted by molar-refractivity contribution is -0.126. The Balaban J connectivity index is 1.79. The summed E-state index contributed by atoms with van der Waals surface area (Å²) in [5.41, 5.74) is 7.83. The van der Waals surface area contributed by atoms with Gasteiger partial charge in [-0.05, 0) is 23.8 Å². The molecule has 0 bridgehead atoms. The lowest BCUT2D eigenvalue weighted by Crippen LogP contribution is -2.41. The molecule has 2 aromatic carbocycles. The van der Waals surface area contributed by atoms with Gasteiger partial charge in [-0.25, -0.2) is 4.98 Å². The maximum atomic E-state index is 13.2. The third-order valence-electron chi connectivity index (χ3n) is 4.42. The number of aromatic nitrogens is 1. The molecule has 1 aliphatic heterocycles. The van der Waals surface area contributed by atoms with Gasteiger partial charge in [0.1, 0.15) is 5.82 Å². The molecule has 0 radical (unpaired) electrons. The van der Waals surface area contributed by atoms with Crippen LogP contribution in [0, 0.1) is 11.3 Å². The van der Waals surface area contributed by atoms with Crippen molar-refractivity contribution >= 4 is 17.5 Å². The SMILES string of the molecule is N#Cc1ccccc1CN1C(=O)C(c2ccccc2)Oc2ccc(N)nc21. The van der Waals surface area contributed by atoms with Crippen LogP contribution in [0.25, 0.3) is 0 Å². The van der Waals surface area contributed by atoms with Crippen molar-refractivity contribution in [2.45, 2.75) is 12.6 Å². The predicted octanol–water partition coefficient (Wildman–Crippen LogP) is 3.20. The summed E-state index contributed by atoms with van der Waals surface area (Å²) in [4.78, 5) is 19.1. The number of nitrogen functional groups attached to an aromatic ring is 1. The Bertz CT molecular complexity index is 1040. The van der Waals surface area contributed by atoms with Crippen LogP contribution in [0.2, 0.25) is 0 Å². The molecular formula is C21H16N4O2. The second-order valence-electron chi connectivity index (χ2n) is 6.16. The number of nitriles is 1. The highest BCUT2D eigenvalue weighted by atomic mass is 16.5. The summed E-state index contributed by atoms with van der Waals surface area (Å²) in [7, 11) is 0. The zero-order chi connectivity index (χ0) is 18.8. The average Bonchev–Trinajstić information content (AvgIpc) is 2.71. The van der Waals surface area contributed by atoms with Crippen LogP contribution in [0.1, 0.15) is 22.8 Å². The van der Waals surface area contributed by atoms with Crippen molar-refractivity contribution in [1.82, 2.24) is 4.98 Å². The van der Waals surface area contributed by atoms with Crippen molar-refractivity contribution in [3.8, 4) is 11.8 Å². The molecule has 0 saturated heterocycles. The van der Waals surface area contributed by atoms with Crippen LogP contribution in [0.5, 0.6) is 5.75 Å². The fourth-order valence-corrected chi connectivity index (χ4v) is 3.09. The summed E-state index contributed by atoms with van der Waals surface area (Å²) < 4.78 is 5.94. The molecule has 3 aromatic rings. The first kappa shape index (κ1) is 16.6. The highest BCUT2D eigenvalue weighted by Gasteiger charge is 2.37.